The Labute approximate surface area is 125 Å². The largest absolute Gasteiger partial charge is 0.478 e. The molecule has 0 saturated carbocycles. The summed E-state index contributed by atoms with van der Waals surface area (Å²) in [6, 6.07) is 10.6. The number of hydrogen-bond acceptors (Lipinski definition) is 5. The van der Waals surface area contributed by atoms with Crippen LogP contribution in [-0.2, 0) is 0 Å². The summed E-state index contributed by atoms with van der Waals surface area (Å²) in [7, 11) is 0. The molecule has 0 aliphatic carbocycles. The van der Waals surface area contributed by atoms with Gasteiger partial charge in [-0.1, -0.05) is 17.4 Å². The van der Waals surface area contributed by atoms with Crippen LogP contribution < -0.4 is 11.1 Å². The fraction of sp³-hybridized carbons (Fsp3) is 0.0667. The van der Waals surface area contributed by atoms with Crippen LogP contribution in [0.25, 0.3) is 10.2 Å². The van der Waals surface area contributed by atoms with Crippen molar-refractivity contribution in [1.29, 1.82) is 0 Å². The van der Waals surface area contributed by atoms with E-state index in [-0.39, 0.29) is 5.56 Å². The number of thiazole rings is 1. The van der Waals surface area contributed by atoms with Crippen LogP contribution in [0.4, 0.5) is 16.5 Å². The van der Waals surface area contributed by atoms with Gasteiger partial charge in [-0.05, 0) is 42.8 Å². The number of carboxylic acid groups (broad SMARTS) is 1. The number of rotatable bonds is 3. The Morgan fingerprint density at radius 3 is 2.86 bits per heavy atom. The molecule has 4 N–H and O–H groups in total. The Bertz CT molecular complexity index is 842. The average Bonchev–Trinajstić information content (AvgIpc) is 2.79. The second kappa shape index (κ2) is 5.06. The zero-order valence-corrected chi connectivity index (χ0v) is 12.1. The minimum absolute atomic E-state index is 0.166. The summed E-state index contributed by atoms with van der Waals surface area (Å²) in [5.74, 6) is -1.01. The number of aromatic carboxylic acids is 1. The summed E-state index contributed by atoms with van der Waals surface area (Å²) in [6.07, 6.45) is 0. The summed E-state index contributed by atoms with van der Waals surface area (Å²) >= 11 is 1.48. The molecule has 0 aliphatic heterocycles. The van der Waals surface area contributed by atoms with Crippen molar-refractivity contribution < 1.29 is 9.90 Å². The quantitative estimate of drug-likeness (QED) is 0.643. The van der Waals surface area contributed by atoms with Crippen LogP contribution in [0, 0.1) is 6.92 Å². The highest BCUT2D eigenvalue weighted by molar-refractivity contribution is 7.22. The molecule has 0 atom stereocenters. The zero-order valence-electron chi connectivity index (χ0n) is 11.3. The lowest BCUT2D eigenvalue weighted by molar-refractivity contribution is 0.0698. The van der Waals surface area contributed by atoms with Crippen molar-refractivity contribution in [3.8, 4) is 0 Å². The number of nitrogen functional groups attached to an aromatic ring is 1. The van der Waals surface area contributed by atoms with Gasteiger partial charge in [0, 0.05) is 5.69 Å². The molecule has 0 fully saturated rings. The van der Waals surface area contributed by atoms with Gasteiger partial charge in [0.15, 0.2) is 5.13 Å². The molecule has 0 saturated heterocycles. The monoisotopic (exact) mass is 299 g/mol. The molecule has 0 unspecified atom stereocenters. The first-order chi connectivity index (χ1) is 10.0. The van der Waals surface area contributed by atoms with E-state index in [1.807, 2.05) is 19.1 Å². The number of benzene rings is 2. The number of aryl methyl sites for hydroxylation is 1. The molecule has 1 aromatic heterocycles. The molecule has 0 radical (unpaired) electrons. The Hall–Kier alpha value is -2.60. The van der Waals surface area contributed by atoms with Gasteiger partial charge in [0.25, 0.3) is 0 Å². The van der Waals surface area contributed by atoms with Crippen LogP contribution in [0.3, 0.4) is 0 Å². The third kappa shape index (κ3) is 2.66. The van der Waals surface area contributed by atoms with Gasteiger partial charge in [-0.3, -0.25) is 0 Å². The Balaban J connectivity index is 2.02. The molecule has 6 heteroatoms. The second-order valence-electron chi connectivity index (χ2n) is 4.73. The Morgan fingerprint density at radius 2 is 2.10 bits per heavy atom. The Morgan fingerprint density at radius 1 is 1.29 bits per heavy atom. The van der Waals surface area contributed by atoms with E-state index in [0.29, 0.717) is 16.5 Å². The summed E-state index contributed by atoms with van der Waals surface area (Å²) in [6.45, 7) is 2.02. The fourth-order valence-corrected chi connectivity index (χ4v) is 3.03. The topological polar surface area (TPSA) is 88.2 Å². The highest BCUT2D eigenvalue weighted by atomic mass is 32.1. The maximum Gasteiger partial charge on any atom is 0.337 e. The predicted molar refractivity (Wildman–Crippen MR) is 85.5 cm³/mol. The third-order valence-corrected chi connectivity index (χ3v) is 3.99. The maximum atomic E-state index is 11.2. The molecule has 21 heavy (non-hydrogen) atoms. The van der Waals surface area contributed by atoms with Crippen LogP contribution >= 0.6 is 11.3 Å². The van der Waals surface area contributed by atoms with Gasteiger partial charge in [0.05, 0.1) is 21.5 Å². The second-order valence-corrected chi connectivity index (χ2v) is 5.76. The molecule has 0 bridgehead atoms. The van der Waals surface area contributed by atoms with E-state index in [9.17, 15) is 9.90 Å². The summed E-state index contributed by atoms with van der Waals surface area (Å²) < 4.78 is 1.05. The molecule has 0 aliphatic rings. The van der Waals surface area contributed by atoms with Crippen molar-refractivity contribution in [3.05, 3.63) is 47.5 Å². The van der Waals surface area contributed by atoms with Crippen molar-refractivity contribution in [2.24, 2.45) is 0 Å². The summed E-state index contributed by atoms with van der Waals surface area (Å²) in [5, 5.41) is 12.9. The molecule has 2 aromatic carbocycles. The minimum atomic E-state index is -1.01. The van der Waals surface area contributed by atoms with Crippen LogP contribution in [-0.4, -0.2) is 16.1 Å². The van der Waals surface area contributed by atoms with E-state index < -0.39 is 5.97 Å². The number of nitrogens with one attached hydrogen (secondary N) is 1. The van der Waals surface area contributed by atoms with Crippen molar-refractivity contribution in [3.63, 3.8) is 0 Å². The summed E-state index contributed by atoms with van der Waals surface area (Å²) in [4.78, 5) is 15.7. The molecule has 3 aromatic rings. The van der Waals surface area contributed by atoms with E-state index >= 15 is 0 Å². The van der Waals surface area contributed by atoms with E-state index in [4.69, 9.17) is 5.73 Å². The van der Waals surface area contributed by atoms with Crippen LogP contribution in [0.1, 0.15) is 15.9 Å². The first-order valence-electron chi connectivity index (χ1n) is 6.30. The lowest BCUT2D eigenvalue weighted by atomic mass is 10.1. The number of fused-ring (bicyclic) bond motifs is 1. The fourth-order valence-electron chi connectivity index (χ4n) is 2.05. The number of anilines is 3. The molecular formula is C15H13N3O2S. The molecule has 0 spiro atoms. The SMILES string of the molecule is Cc1ccc2nc(Nc3cc(N)ccc3C(=O)O)sc2c1. The average molecular weight is 299 g/mol. The van der Waals surface area contributed by atoms with Gasteiger partial charge in [-0.25, -0.2) is 9.78 Å². The van der Waals surface area contributed by atoms with Crippen LogP contribution in [0.5, 0.6) is 0 Å². The molecule has 106 valence electrons. The molecule has 1 heterocycles. The number of carboxylic acids is 1. The van der Waals surface area contributed by atoms with Gasteiger partial charge >= 0.3 is 5.97 Å². The van der Waals surface area contributed by atoms with Crippen molar-refractivity contribution in [2.45, 2.75) is 6.92 Å². The first kappa shape index (κ1) is 13.4. The van der Waals surface area contributed by atoms with E-state index in [0.717, 1.165) is 15.8 Å². The van der Waals surface area contributed by atoms with Gasteiger partial charge in [0.1, 0.15) is 0 Å². The first-order valence-corrected chi connectivity index (χ1v) is 7.11. The van der Waals surface area contributed by atoms with Crippen molar-refractivity contribution in [1.82, 2.24) is 4.98 Å². The van der Waals surface area contributed by atoms with E-state index in [1.165, 1.54) is 17.4 Å². The van der Waals surface area contributed by atoms with Gasteiger partial charge in [0.2, 0.25) is 0 Å². The van der Waals surface area contributed by atoms with Gasteiger partial charge in [-0.15, -0.1) is 0 Å². The smallest absolute Gasteiger partial charge is 0.337 e. The van der Waals surface area contributed by atoms with E-state index in [2.05, 4.69) is 16.4 Å². The lowest BCUT2D eigenvalue weighted by Crippen LogP contribution is -2.03. The molecule has 3 rings (SSSR count). The number of nitrogens with two attached hydrogens (primary N) is 1. The molecular weight excluding hydrogens is 286 g/mol. The lowest BCUT2D eigenvalue weighted by Gasteiger charge is -2.07. The third-order valence-electron chi connectivity index (χ3n) is 3.06. The summed E-state index contributed by atoms with van der Waals surface area (Å²) in [5.41, 5.74) is 8.88. The molecule has 5 nitrogen and oxygen atoms in total. The van der Waals surface area contributed by atoms with Crippen molar-refractivity contribution in [2.75, 3.05) is 11.1 Å². The Kier molecular flexibility index (Phi) is 3.23. The van der Waals surface area contributed by atoms with Gasteiger partial charge in [-0.2, -0.15) is 0 Å². The number of nitrogens with zero attached hydrogens (tertiary/aromatic N) is 1. The van der Waals surface area contributed by atoms with E-state index in [1.54, 1.807) is 12.1 Å². The van der Waals surface area contributed by atoms with Crippen LogP contribution in [0.2, 0.25) is 0 Å². The minimum Gasteiger partial charge on any atom is -0.478 e. The number of hydrogen-bond donors (Lipinski definition) is 3. The predicted octanol–water partition coefficient (Wildman–Crippen LogP) is 3.63. The number of aromatic nitrogens is 1. The highest BCUT2D eigenvalue weighted by Crippen LogP contribution is 2.30. The number of carbonyl (C=O) groups is 1. The normalized spacial score (nSPS) is 10.7. The maximum absolute atomic E-state index is 11.2. The highest BCUT2D eigenvalue weighted by Gasteiger charge is 2.12. The van der Waals surface area contributed by atoms with Crippen LogP contribution in [0.15, 0.2) is 36.4 Å². The molecule has 0 amide bonds. The standard InChI is InChI=1S/C15H13N3O2S/c1-8-2-5-11-13(6-8)21-15(17-11)18-12-7-9(16)3-4-10(12)14(19)20/h2-7H,16H2,1H3,(H,17,18)(H,19,20). The van der Waals surface area contributed by atoms with Crippen molar-refractivity contribution >= 4 is 44.0 Å². The zero-order chi connectivity index (χ0) is 15.0. The van der Waals surface area contributed by atoms with Gasteiger partial charge < -0.3 is 16.2 Å².